The number of rotatable bonds is 6. The van der Waals surface area contributed by atoms with Gasteiger partial charge in [0.2, 0.25) is 0 Å². The highest BCUT2D eigenvalue weighted by atomic mass is 32.2. The summed E-state index contributed by atoms with van der Waals surface area (Å²) >= 11 is 1.33. The molecular formula is C24H30F3N4O3S+. The molecule has 3 unspecified atom stereocenters. The number of benzene rings is 1. The normalized spacial score (nSPS) is 31.5. The molecule has 4 aliphatic heterocycles. The predicted octanol–water partition coefficient (Wildman–Crippen LogP) is 4.12. The van der Waals surface area contributed by atoms with Gasteiger partial charge in [-0.1, -0.05) is 6.07 Å². The minimum absolute atomic E-state index is 0.0296. The Morgan fingerprint density at radius 1 is 1.20 bits per heavy atom. The van der Waals surface area contributed by atoms with Gasteiger partial charge in [-0.3, -0.25) is 14.3 Å². The lowest BCUT2D eigenvalue weighted by atomic mass is 9.83. The number of ketones is 1. The number of carbonyl (C=O) groups is 1. The third-order valence-electron chi connectivity index (χ3n) is 7.92. The SMILES string of the molecule is O=C1CCC[N+]2([O-])C(CCCCN3CCN(c4cccc(C(F)(F)F)c4)CC3)[N+](=O)C3=CC12CS3. The van der Waals surface area contributed by atoms with Crippen molar-refractivity contribution in [2.45, 2.75) is 50.0 Å². The summed E-state index contributed by atoms with van der Waals surface area (Å²) in [6.45, 7) is 3.90. The van der Waals surface area contributed by atoms with E-state index in [4.69, 9.17) is 0 Å². The van der Waals surface area contributed by atoms with E-state index in [9.17, 15) is 28.1 Å². The number of piperazine rings is 1. The Balaban J connectivity index is 1.12. The summed E-state index contributed by atoms with van der Waals surface area (Å²) in [4.78, 5) is 29.9. The van der Waals surface area contributed by atoms with Gasteiger partial charge < -0.3 is 10.1 Å². The van der Waals surface area contributed by atoms with Crippen LogP contribution in [0.3, 0.4) is 0 Å². The Morgan fingerprint density at radius 2 is 1.97 bits per heavy atom. The number of nitrogens with zero attached hydrogens (tertiary/aromatic N) is 4. The largest absolute Gasteiger partial charge is 0.627 e. The lowest BCUT2D eigenvalue weighted by molar-refractivity contribution is -1.02. The van der Waals surface area contributed by atoms with Crippen LogP contribution in [0.1, 0.15) is 37.7 Å². The summed E-state index contributed by atoms with van der Waals surface area (Å²) in [5.74, 6) is 0.341. The van der Waals surface area contributed by atoms with Gasteiger partial charge in [0.15, 0.2) is 11.3 Å². The third kappa shape index (κ3) is 4.30. The van der Waals surface area contributed by atoms with Crippen LogP contribution in [0, 0.1) is 10.1 Å². The number of hydrogen-bond donors (Lipinski definition) is 0. The standard InChI is InChI=1S/C24H30F3N4O3S/c25-24(26,27)18-5-3-6-19(15-18)29-12-10-28(11-13-29)9-2-1-8-21-30(33)22-16-23(17-35-22)20(32)7-4-14-31(21,23)34/h3,5-6,15-16,21H,1-2,4,7-14,17H2/q+1. The highest BCUT2D eigenvalue weighted by Gasteiger charge is 2.68. The maximum Gasteiger partial charge on any atom is 0.416 e. The summed E-state index contributed by atoms with van der Waals surface area (Å²) in [5.41, 5.74) is -1.13. The number of Topliss-reactive ketones (excluding diaryl/α,β-unsaturated/α-hetero) is 1. The number of hydroxylamine groups is 3. The van der Waals surface area contributed by atoms with E-state index in [1.165, 1.54) is 23.9 Å². The van der Waals surface area contributed by atoms with Crippen LogP contribution in [0.25, 0.3) is 0 Å². The average Bonchev–Trinajstić information content (AvgIpc) is 3.26. The van der Waals surface area contributed by atoms with Crippen molar-refractivity contribution in [1.82, 2.24) is 4.90 Å². The maximum absolute atomic E-state index is 13.9. The second kappa shape index (κ2) is 9.17. The van der Waals surface area contributed by atoms with E-state index in [-0.39, 0.29) is 5.78 Å². The Kier molecular flexibility index (Phi) is 6.48. The predicted molar refractivity (Wildman–Crippen MR) is 127 cm³/mol. The summed E-state index contributed by atoms with van der Waals surface area (Å²) < 4.78 is 39.2. The van der Waals surface area contributed by atoms with Gasteiger partial charge in [-0.25, -0.2) is 0 Å². The van der Waals surface area contributed by atoms with Crippen LogP contribution in [0.2, 0.25) is 0 Å². The summed E-state index contributed by atoms with van der Waals surface area (Å²) in [6, 6.07) is 5.45. The monoisotopic (exact) mass is 511 g/mol. The van der Waals surface area contributed by atoms with Gasteiger partial charge in [-0.15, -0.1) is 0 Å². The number of piperidine rings is 1. The van der Waals surface area contributed by atoms with Gasteiger partial charge in [-0.2, -0.15) is 13.2 Å². The van der Waals surface area contributed by atoms with Gasteiger partial charge in [-0.05, 0) is 49.3 Å². The number of nitroso groups, excluding NO2 is 1. The summed E-state index contributed by atoms with van der Waals surface area (Å²) in [7, 11) is 0. The lowest BCUT2D eigenvalue weighted by Gasteiger charge is -2.55. The number of carbonyl (C=O) groups excluding carboxylic acids is 1. The Bertz CT molecular complexity index is 1040. The van der Waals surface area contributed by atoms with Crippen LogP contribution in [-0.2, 0) is 11.0 Å². The van der Waals surface area contributed by atoms with E-state index in [1.807, 2.05) is 4.90 Å². The molecule has 1 aromatic carbocycles. The van der Waals surface area contributed by atoms with E-state index in [1.54, 1.807) is 12.1 Å². The number of anilines is 1. The highest BCUT2D eigenvalue weighted by Crippen LogP contribution is 2.51. The number of hydrogen-bond acceptors (Lipinski definition) is 6. The molecule has 4 aliphatic rings. The van der Waals surface area contributed by atoms with E-state index < -0.39 is 28.1 Å². The summed E-state index contributed by atoms with van der Waals surface area (Å²) in [5, 5.41) is 14.4. The molecule has 35 heavy (non-hydrogen) atoms. The molecule has 0 N–H and O–H groups in total. The van der Waals surface area contributed by atoms with E-state index in [2.05, 4.69) is 4.90 Å². The number of unbranched alkanes of at least 4 members (excludes halogenated alkanes) is 1. The first-order chi connectivity index (χ1) is 16.6. The minimum atomic E-state index is -4.35. The van der Waals surface area contributed by atoms with Gasteiger partial charge >= 0.3 is 12.3 Å². The molecule has 1 spiro atoms. The molecule has 2 bridgehead atoms. The first kappa shape index (κ1) is 24.7. The second-order valence-electron chi connectivity index (χ2n) is 9.92. The van der Waals surface area contributed by atoms with Crippen molar-refractivity contribution >= 4 is 23.2 Å². The zero-order valence-electron chi connectivity index (χ0n) is 19.5. The van der Waals surface area contributed by atoms with Crippen LogP contribution in [0.5, 0.6) is 0 Å². The third-order valence-corrected chi connectivity index (χ3v) is 9.10. The van der Waals surface area contributed by atoms with Crippen molar-refractivity contribution in [3.05, 3.63) is 51.0 Å². The molecule has 11 heteroatoms. The molecular weight excluding hydrogens is 481 g/mol. The fourth-order valence-electron chi connectivity index (χ4n) is 5.91. The molecule has 2 fully saturated rings. The molecule has 5 rings (SSSR count). The minimum Gasteiger partial charge on any atom is -0.627 e. The molecule has 3 atom stereocenters. The number of thioether (sulfide) groups is 1. The quantitative estimate of drug-likeness (QED) is 0.248. The Labute approximate surface area is 206 Å². The Hall–Kier alpha value is -1.95. The van der Waals surface area contributed by atoms with Gasteiger partial charge in [0.05, 0.1) is 35.1 Å². The van der Waals surface area contributed by atoms with Crippen molar-refractivity contribution in [3.63, 3.8) is 0 Å². The molecule has 0 amide bonds. The maximum atomic E-state index is 13.9. The molecule has 190 valence electrons. The fraction of sp³-hybridized carbons (Fsp3) is 0.625. The van der Waals surface area contributed by atoms with Gasteiger partial charge in [0.25, 0.3) is 5.03 Å². The van der Waals surface area contributed by atoms with Crippen molar-refractivity contribution in [3.8, 4) is 0 Å². The van der Waals surface area contributed by atoms with Gasteiger partial charge in [0, 0.05) is 49.6 Å². The molecule has 0 radical (unpaired) electrons. The highest BCUT2D eigenvalue weighted by molar-refractivity contribution is 8.03. The van der Waals surface area contributed by atoms with Crippen LogP contribution >= 0.6 is 11.8 Å². The molecule has 0 aliphatic carbocycles. The topological polar surface area (TPSA) is 66.7 Å². The van der Waals surface area contributed by atoms with Crippen molar-refractivity contribution in [2.75, 3.05) is 49.9 Å². The zero-order valence-corrected chi connectivity index (χ0v) is 20.3. The van der Waals surface area contributed by atoms with Crippen molar-refractivity contribution in [1.29, 1.82) is 0 Å². The van der Waals surface area contributed by atoms with Gasteiger partial charge in [0.1, 0.15) is 0 Å². The van der Waals surface area contributed by atoms with Crippen LogP contribution in [0.15, 0.2) is 35.4 Å². The number of quaternary nitrogens is 1. The Morgan fingerprint density at radius 3 is 2.71 bits per heavy atom. The van der Waals surface area contributed by atoms with E-state index >= 15 is 0 Å². The molecule has 1 aromatic rings. The average molecular weight is 512 g/mol. The molecule has 0 aromatic heterocycles. The molecule has 7 nitrogen and oxygen atoms in total. The number of halogens is 3. The molecule has 2 saturated heterocycles. The molecule has 0 saturated carbocycles. The first-order valence-corrected chi connectivity index (χ1v) is 13.2. The zero-order chi connectivity index (χ0) is 24.8. The smallest absolute Gasteiger partial charge is 0.416 e. The second-order valence-corrected chi connectivity index (χ2v) is 10.9. The van der Waals surface area contributed by atoms with Crippen LogP contribution < -0.4 is 4.90 Å². The summed E-state index contributed by atoms with van der Waals surface area (Å²) in [6.07, 6.45) is -0.571. The first-order valence-electron chi connectivity index (χ1n) is 12.2. The van der Waals surface area contributed by atoms with E-state index in [0.29, 0.717) is 61.8 Å². The van der Waals surface area contributed by atoms with Crippen LogP contribution in [0.4, 0.5) is 18.9 Å². The van der Waals surface area contributed by atoms with Crippen molar-refractivity contribution < 1.29 is 27.4 Å². The molecule has 4 heterocycles. The lowest BCUT2D eigenvalue weighted by Crippen LogP contribution is -2.73. The number of alkyl halides is 3. The van der Waals surface area contributed by atoms with Crippen molar-refractivity contribution in [2.24, 2.45) is 0 Å². The van der Waals surface area contributed by atoms with E-state index in [0.717, 1.165) is 36.9 Å². The fourth-order valence-corrected chi connectivity index (χ4v) is 7.27. The van der Waals surface area contributed by atoms with Crippen LogP contribution in [-0.4, -0.2) is 76.8 Å².